The van der Waals surface area contributed by atoms with Gasteiger partial charge >= 0.3 is 5.97 Å². The second-order valence-electron chi connectivity index (χ2n) is 4.00. The van der Waals surface area contributed by atoms with Crippen molar-refractivity contribution in [3.63, 3.8) is 0 Å². The first-order chi connectivity index (χ1) is 10.2. The van der Waals surface area contributed by atoms with E-state index in [2.05, 4.69) is 15.1 Å². The lowest BCUT2D eigenvalue weighted by atomic mass is 10.3. The molecule has 3 aromatic heterocycles. The molecule has 1 N–H and O–H groups in total. The summed E-state index contributed by atoms with van der Waals surface area (Å²) in [5.74, 6) is 0.0741. The minimum atomic E-state index is -1.06. The minimum absolute atomic E-state index is 0.0555. The summed E-state index contributed by atoms with van der Waals surface area (Å²) in [6.45, 7) is 0.0691. The number of carboxylic acid groups (broad SMARTS) is 1. The molecule has 3 heterocycles. The fourth-order valence-electron chi connectivity index (χ4n) is 1.58. The summed E-state index contributed by atoms with van der Waals surface area (Å²) in [5.41, 5.74) is 0.0555. The summed E-state index contributed by atoms with van der Waals surface area (Å²) in [6, 6.07) is 5.15. The number of pyridine rings is 1. The molecular weight excluding hydrogens is 294 g/mol. The SMILES string of the molecule is O=C(O)c1cncc(OCc2noc(-c3cccs3)n2)c1. The highest BCUT2D eigenvalue weighted by Crippen LogP contribution is 2.22. The first-order valence-electron chi connectivity index (χ1n) is 5.90. The Hall–Kier alpha value is -2.74. The van der Waals surface area contributed by atoms with E-state index in [9.17, 15) is 4.79 Å². The van der Waals surface area contributed by atoms with Gasteiger partial charge in [0, 0.05) is 6.20 Å². The number of aromatic nitrogens is 3. The van der Waals surface area contributed by atoms with Crippen LogP contribution in [-0.4, -0.2) is 26.2 Å². The minimum Gasteiger partial charge on any atom is -0.484 e. The number of aromatic carboxylic acids is 1. The zero-order valence-corrected chi connectivity index (χ0v) is 11.4. The van der Waals surface area contributed by atoms with Crippen LogP contribution in [0.4, 0.5) is 0 Å². The molecule has 0 amide bonds. The molecule has 0 aliphatic carbocycles. The van der Waals surface area contributed by atoms with Crippen molar-refractivity contribution in [3.8, 4) is 16.5 Å². The van der Waals surface area contributed by atoms with E-state index in [0.717, 1.165) is 4.88 Å². The number of thiophene rings is 1. The van der Waals surface area contributed by atoms with Gasteiger partial charge in [-0.2, -0.15) is 4.98 Å². The van der Waals surface area contributed by atoms with Gasteiger partial charge in [-0.25, -0.2) is 4.79 Å². The van der Waals surface area contributed by atoms with Crippen LogP contribution >= 0.6 is 11.3 Å². The molecule has 106 valence electrons. The van der Waals surface area contributed by atoms with Crippen LogP contribution in [0.5, 0.6) is 5.75 Å². The van der Waals surface area contributed by atoms with E-state index >= 15 is 0 Å². The second kappa shape index (κ2) is 5.71. The average Bonchev–Trinajstić information content (AvgIpc) is 3.16. The molecule has 0 aliphatic rings. The predicted octanol–water partition coefficient (Wildman–Crippen LogP) is 2.47. The molecule has 0 atom stereocenters. The van der Waals surface area contributed by atoms with E-state index in [0.29, 0.717) is 17.5 Å². The number of hydrogen-bond acceptors (Lipinski definition) is 7. The number of ether oxygens (including phenoxy) is 1. The third kappa shape index (κ3) is 3.06. The fourth-order valence-corrected chi connectivity index (χ4v) is 2.22. The molecule has 0 saturated heterocycles. The van der Waals surface area contributed by atoms with Crippen LogP contribution in [0.25, 0.3) is 10.8 Å². The van der Waals surface area contributed by atoms with Crippen LogP contribution in [0.1, 0.15) is 16.2 Å². The van der Waals surface area contributed by atoms with Crippen molar-refractivity contribution in [2.45, 2.75) is 6.61 Å². The van der Waals surface area contributed by atoms with E-state index < -0.39 is 5.97 Å². The molecule has 0 unspecified atom stereocenters. The predicted molar refractivity (Wildman–Crippen MR) is 73.1 cm³/mol. The van der Waals surface area contributed by atoms with Crippen molar-refractivity contribution in [3.05, 3.63) is 47.4 Å². The molecular formula is C13H9N3O4S. The first-order valence-corrected chi connectivity index (χ1v) is 6.78. The lowest BCUT2D eigenvalue weighted by molar-refractivity contribution is 0.0696. The Morgan fingerprint density at radius 1 is 1.43 bits per heavy atom. The maximum absolute atomic E-state index is 10.8. The number of nitrogens with zero attached hydrogens (tertiary/aromatic N) is 3. The van der Waals surface area contributed by atoms with Gasteiger partial charge in [-0.15, -0.1) is 11.3 Å². The highest BCUT2D eigenvalue weighted by Gasteiger charge is 2.11. The quantitative estimate of drug-likeness (QED) is 0.773. The molecule has 0 fully saturated rings. The van der Waals surface area contributed by atoms with Crippen LogP contribution < -0.4 is 4.74 Å². The van der Waals surface area contributed by atoms with Crippen LogP contribution in [0, 0.1) is 0 Å². The summed E-state index contributed by atoms with van der Waals surface area (Å²) >= 11 is 1.50. The highest BCUT2D eigenvalue weighted by atomic mass is 32.1. The Morgan fingerprint density at radius 2 is 2.33 bits per heavy atom. The first kappa shape index (κ1) is 13.3. The van der Waals surface area contributed by atoms with Crippen molar-refractivity contribution in [1.29, 1.82) is 0 Å². The average molecular weight is 303 g/mol. The van der Waals surface area contributed by atoms with E-state index in [4.69, 9.17) is 14.4 Å². The normalized spacial score (nSPS) is 10.5. The van der Waals surface area contributed by atoms with Gasteiger partial charge in [0.05, 0.1) is 16.6 Å². The summed E-state index contributed by atoms with van der Waals surface area (Å²) < 4.78 is 10.5. The van der Waals surface area contributed by atoms with Crippen LogP contribution in [0.15, 0.2) is 40.5 Å². The molecule has 0 aliphatic heterocycles. The Morgan fingerprint density at radius 3 is 3.10 bits per heavy atom. The van der Waals surface area contributed by atoms with E-state index in [-0.39, 0.29) is 12.2 Å². The Balaban J connectivity index is 1.68. The van der Waals surface area contributed by atoms with Gasteiger partial charge in [-0.05, 0) is 17.5 Å². The van der Waals surface area contributed by atoms with Crippen molar-refractivity contribution >= 4 is 17.3 Å². The van der Waals surface area contributed by atoms with Crippen molar-refractivity contribution in [2.75, 3.05) is 0 Å². The molecule has 0 aromatic carbocycles. The largest absolute Gasteiger partial charge is 0.484 e. The van der Waals surface area contributed by atoms with Gasteiger partial charge in [0.15, 0.2) is 6.61 Å². The standard InChI is InChI=1S/C13H9N3O4S/c17-13(18)8-4-9(6-14-5-8)19-7-11-15-12(20-16-11)10-2-1-3-21-10/h1-6H,7H2,(H,17,18). The highest BCUT2D eigenvalue weighted by molar-refractivity contribution is 7.13. The second-order valence-corrected chi connectivity index (χ2v) is 4.94. The van der Waals surface area contributed by atoms with Gasteiger partial charge in [-0.1, -0.05) is 11.2 Å². The van der Waals surface area contributed by atoms with Gasteiger partial charge < -0.3 is 14.4 Å². The van der Waals surface area contributed by atoms with Crippen LogP contribution in [0.3, 0.4) is 0 Å². The van der Waals surface area contributed by atoms with Crippen molar-refractivity contribution in [1.82, 2.24) is 15.1 Å². The third-order valence-electron chi connectivity index (χ3n) is 2.53. The maximum atomic E-state index is 10.8. The zero-order chi connectivity index (χ0) is 14.7. The zero-order valence-electron chi connectivity index (χ0n) is 10.6. The summed E-state index contributed by atoms with van der Waals surface area (Å²) in [7, 11) is 0. The number of rotatable bonds is 5. The lowest BCUT2D eigenvalue weighted by Crippen LogP contribution is -2.01. The Labute approximate surface area is 122 Å². The molecule has 8 heteroatoms. The topological polar surface area (TPSA) is 98.3 Å². The maximum Gasteiger partial charge on any atom is 0.337 e. The third-order valence-corrected chi connectivity index (χ3v) is 3.39. The van der Waals surface area contributed by atoms with Crippen molar-refractivity contribution in [2.24, 2.45) is 0 Å². The summed E-state index contributed by atoms with van der Waals surface area (Å²) in [5, 5.41) is 14.6. The van der Waals surface area contributed by atoms with E-state index in [1.165, 1.54) is 29.8 Å². The molecule has 7 nitrogen and oxygen atoms in total. The number of hydrogen-bond donors (Lipinski definition) is 1. The van der Waals surface area contributed by atoms with Gasteiger partial charge in [0.25, 0.3) is 5.89 Å². The smallest absolute Gasteiger partial charge is 0.337 e. The lowest BCUT2D eigenvalue weighted by Gasteiger charge is -2.02. The van der Waals surface area contributed by atoms with Crippen molar-refractivity contribution < 1.29 is 19.2 Å². The molecule has 21 heavy (non-hydrogen) atoms. The Bertz CT molecular complexity index is 754. The fraction of sp³-hybridized carbons (Fsp3) is 0.0769. The molecule has 0 spiro atoms. The molecule has 3 aromatic rings. The monoisotopic (exact) mass is 303 g/mol. The molecule has 3 rings (SSSR count). The molecule has 0 radical (unpaired) electrons. The van der Waals surface area contributed by atoms with Gasteiger partial charge in [0.2, 0.25) is 5.82 Å². The molecule has 0 bridgehead atoms. The molecule has 0 saturated carbocycles. The van der Waals surface area contributed by atoms with E-state index in [1.807, 2.05) is 17.5 Å². The van der Waals surface area contributed by atoms with Crippen LogP contribution in [0.2, 0.25) is 0 Å². The summed E-state index contributed by atoms with van der Waals surface area (Å²) in [4.78, 5) is 19.7. The van der Waals surface area contributed by atoms with Gasteiger partial charge in [0.1, 0.15) is 5.75 Å². The number of carboxylic acids is 1. The van der Waals surface area contributed by atoms with E-state index in [1.54, 1.807) is 0 Å². The summed E-state index contributed by atoms with van der Waals surface area (Å²) in [6.07, 6.45) is 2.67. The Kier molecular flexibility index (Phi) is 3.61. The number of carbonyl (C=O) groups is 1. The van der Waals surface area contributed by atoms with Gasteiger partial charge in [-0.3, -0.25) is 4.98 Å². The van der Waals surface area contributed by atoms with Crippen LogP contribution in [-0.2, 0) is 6.61 Å².